The van der Waals surface area contributed by atoms with Crippen LogP contribution in [0.2, 0.25) is 0 Å². The molecular weight excluding hydrogens is 242 g/mol. The number of carbonyl (C=O) groups is 1. The summed E-state index contributed by atoms with van der Waals surface area (Å²) in [6.45, 7) is 2.05. The number of carbonyl (C=O) groups excluding carboxylic acids is 1. The second kappa shape index (κ2) is 5.95. The van der Waals surface area contributed by atoms with Gasteiger partial charge < -0.3 is 10.5 Å². The maximum Gasteiger partial charge on any atom is 0.340 e. The number of pyridine rings is 2. The van der Waals surface area contributed by atoms with Crippen LogP contribution in [-0.4, -0.2) is 22.5 Å². The van der Waals surface area contributed by atoms with Crippen molar-refractivity contribution in [3.8, 4) is 0 Å². The van der Waals surface area contributed by atoms with Gasteiger partial charge in [-0.15, -0.1) is 0 Å². The van der Waals surface area contributed by atoms with Crippen molar-refractivity contribution in [3.05, 3.63) is 53.6 Å². The van der Waals surface area contributed by atoms with Gasteiger partial charge in [0.2, 0.25) is 0 Å². The highest BCUT2D eigenvalue weighted by atomic mass is 16.5. The van der Waals surface area contributed by atoms with Crippen LogP contribution < -0.4 is 5.73 Å². The second-order valence-electron chi connectivity index (χ2n) is 4.15. The van der Waals surface area contributed by atoms with Gasteiger partial charge in [-0.2, -0.15) is 0 Å². The van der Waals surface area contributed by atoms with E-state index in [1.54, 1.807) is 25.4 Å². The number of hydrogen-bond donors (Lipinski definition) is 1. The summed E-state index contributed by atoms with van der Waals surface area (Å²) < 4.78 is 5.21. The van der Waals surface area contributed by atoms with E-state index in [9.17, 15) is 4.79 Å². The van der Waals surface area contributed by atoms with Crippen LogP contribution in [0.15, 0.2) is 36.8 Å². The van der Waals surface area contributed by atoms with Gasteiger partial charge in [-0.05, 0) is 24.6 Å². The molecule has 0 aliphatic heterocycles. The Morgan fingerprint density at radius 3 is 3.00 bits per heavy atom. The van der Waals surface area contributed by atoms with Crippen LogP contribution >= 0.6 is 0 Å². The third-order valence-corrected chi connectivity index (χ3v) is 2.67. The highest BCUT2D eigenvalue weighted by molar-refractivity contribution is 5.91. The number of hydrogen-bond acceptors (Lipinski definition) is 5. The maximum absolute atomic E-state index is 11.9. The minimum atomic E-state index is -0.402. The Kier molecular flexibility index (Phi) is 4.07. The fourth-order valence-corrected chi connectivity index (χ4v) is 1.64. The van der Waals surface area contributed by atoms with E-state index in [1.165, 1.54) is 6.20 Å². The quantitative estimate of drug-likeness (QED) is 0.844. The lowest BCUT2D eigenvalue weighted by molar-refractivity contribution is 0.0508. The number of anilines is 1. The Balaban J connectivity index is 1.93. The number of aromatic nitrogens is 2. The zero-order chi connectivity index (χ0) is 13.7. The van der Waals surface area contributed by atoms with Gasteiger partial charge >= 0.3 is 5.97 Å². The Morgan fingerprint density at radius 2 is 2.26 bits per heavy atom. The van der Waals surface area contributed by atoms with Crippen LogP contribution in [-0.2, 0) is 11.2 Å². The Hall–Kier alpha value is -2.43. The number of nitrogen functional groups attached to an aromatic ring is 1. The summed E-state index contributed by atoms with van der Waals surface area (Å²) >= 11 is 0. The van der Waals surface area contributed by atoms with E-state index in [0.717, 1.165) is 5.56 Å². The van der Waals surface area contributed by atoms with E-state index in [4.69, 9.17) is 10.5 Å². The average Bonchev–Trinajstić information content (AvgIpc) is 2.42. The summed E-state index contributed by atoms with van der Waals surface area (Å²) in [7, 11) is 0. The van der Waals surface area contributed by atoms with Crippen LogP contribution in [0, 0.1) is 6.92 Å². The second-order valence-corrected chi connectivity index (χ2v) is 4.15. The van der Waals surface area contributed by atoms with Crippen LogP contribution in [0.25, 0.3) is 0 Å². The van der Waals surface area contributed by atoms with Gasteiger partial charge in [0.1, 0.15) is 0 Å². The SMILES string of the molecule is Cc1ncc(N)cc1C(=O)OCCc1cccnc1. The number of esters is 1. The normalized spacial score (nSPS) is 10.2. The first-order chi connectivity index (χ1) is 9.16. The Morgan fingerprint density at radius 1 is 1.42 bits per heavy atom. The van der Waals surface area contributed by atoms with Gasteiger partial charge in [0, 0.05) is 18.8 Å². The Labute approximate surface area is 111 Å². The van der Waals surface area contributed by atoms with E-state index in [2.05, 4.69) is 9.97 Å². The van der Waals surface area contributed by atoms with Crippen molar-refractivity contribution in [3.63, 3.8) is 0 Å². The van der Waals surface area contributed by atoms with E-state index in [0.29, 0.717) is 30.0 Å². The lowest BCUT2D eigenvalue weighted by atomic mass is 10.2. The first kappa shape index (κ1) is 13.0. The molecular formula is C14H15N3O2. The third-order valence-electron chi connectivity index (χ3n) is 2.67. The van der Waals surface area contributed by atoms with Gasteiger partial charge in [-0.25, -0.2) is 4.79 Å². The molecule has 2 aromatic rings. The number of aryl methyl sites for hydroxylation is 1. The molecule has 19 heavy (non-hydrogen) atoms. The lowest BCUT2D eigenvalue weighted by Gasteiger charge is -2.07. The molecule has 5 nitrogen and oxygen atoms in total. The molecule has 0 aliphatic carbocycles. The molecule has 0 radical (unpaired) electrons. The summed E-state index contributed by atoms with van der Waals surface area (Å²) in [5.74, 6) is -0.402. The third kappa shape index (κ3) is 3.51. The minimum Gasteiger partial charge on any atom is -0.462 e. The molecule has 98 valence electrons. The predicted octanol–water partition coefficient (Wildman–Crippen LogP) is 1.77. The van der Waals surface area contributed by atoms with Crippen molar-refractivity contribution < 1.29 is 9.53 Å². The molecule has 2 heterocycles. The van der Waals surface area contributed by atoms with E-state index in [1.807, 2.05) is 12.1 Å². The van der Waals surface area contributed by atoms with Crippen molar-refractivity contribution in [1.29, 1.82) is 0 Å². The van der Waals surface area contributed by atoms with Crippen LogP contribution in [0.5, 0.6) is 0 Å². The number of nitrogens with zero attached hydrogens (tertiary/aromatic N) is 2. The molecule has 0 aliphatic rings. The molecule has 0 spiro atoms. The first-order valence-corrected chi connectivity index (χ1v) is 5.95. The van der Waals surface area contributed by atoms with E-state index in [-0.39, 0.29) is 0 Å². The summed E-state index contributed by atoms with van der Waals surface area (Å²) in [6, 6.07) is 5.37. The molecule has 0 saturated carbocycles. The van der Waals surface area contributed by atoms with E-state index < -0.39 is 5.97 Å². The van der Waals surface area contributed by atoms with Crippen molar-refractivity contribution in [2.24, 2.45) is 0 Å². The fraction of sp³-hybridized carbons (Fsp3) is 0.214. The van der Waals surface area contributed by atoms with Crippen molar-refractivity contribution >= 4 is 11.7 Å². The van der Waals surface area contributed by atoms with Gasteiger partial charge in [0.25, 0.3) is 0 Å². The van der Waals surface area contributed by atoms with Crippen LogP contribution in [0.1, 0.15) is 21.6 Å². The smallest absolute Gasteiger partial charge is 0.340 e. The largest absolute Gasteiger partial charge is 0.462 e. The summed E-state index contributed by atoms with van der Waals surface area (Å²) in [5.41, 5.74) is 8.10. The highest BCUT2D eigenvalue weighted by Gasteiger charge is 2.11. The van der Waals surface area contributed by atoms with E-state index >= 15 is 0 Å². The molecule has 2 rings (SSSR count). The van der Waals surface area contributed by atoms with Gasteiger partial charge in [0.15, 0.2) is 0 Å². The fourth-order valence-electron chi connectivity index (χ4n) is 1.64. The first-order valence-electron chi connectivity index (χ1n) is 5.95. The Bertz CT molecular complexity index is 570. The lowest BCUT2D eigenvalue weighted by Crippen LogP contribution is -2.11. The predicted molar refractivity (Wildman–Crippen MR) is 71.6 cm³/mol. The molecule has 0 fully saturated rings. The molecule has 2 aromatic heterocycles. The number of nitrogens with two attached hydrogens (primary N) is 1. The molecule has 5 heteroatoms. The number of rotatable bonds is 4. The van der Waals surface area contributed by atoms with Gasteiger partial charge in [0.05, 0.1) is 29.7 Å². The molecule has 0 aromatic carbocycles. The van der Waals surface area contributed by atoms with Gasteiger partial charge in [-0.3, -0.25) is 9.97 Å². The molecule has 0 bridgehead atoms. The maximum atomic E-state index is 11.9. The van der Waals surface area contributed by atoms with Crippen molar-refractivity contribution in [2.45, 2.75) is 13.3 Å². The van der Waals surface area contributed by atoms with Crippen LogP contribution in [0.4, 0.5) is 5.69 Å². The highest BCUT2D eigenvalue weighted by Crippen LogP contribution is 2.11. The minimum absolute atomic E-state index is 0.304. The number of ether oxygens (including phenoxy) is 1. The van der Waals surface area contributed by atoms with Crippen molar-refractivity contribution in [2.75, 3.05) is 12.3 Å². The zero-order valence-corrected chi connectivity index (χ0v) is 10.7. The average molecular weight is 257 g/mol. The summed E-state index contributed by atoms with van der Waals surface area (Å²) in [5, 5.41) is 0. The molecule has 0 saturated heterocycles. The van der Waals surface area contributed by atoms with Crippen molar-refractivity contribution in [1.82, 2.24) is 9.97 Å². The molecule has 2 N–H and O–H groups in total. The molecule has 0 unspecified atom stereocenters. The molecule has 0 amide bonds. The topological polar surface area (TPSA) is 78.1 Å². The monoisotopic (exact) mass is 257 g/mol. The standard InChI is InChI=1S/C14H15N3O2/c1-10-13(7-12(15)9-17-10)14(18)19-6-4-11-3-2-5-16-8-11/h2-3,5,7-9H,4,6,15H2,1H3. The van der Waals surface area contributed by atoms with Crippen LogP contribution in [0.3, 0.4) is 0 Å². The summed E-state index contributed by atoms with van der Waals surface area (Å²) in [4.78, 5) is 19.9. The van der Waals surface area contributed by atoms with Gasteiger partial charge in [-0.1, -0.05) is 6.07 Å². The zero-order valence-electron chi connectivity index (χ0n) is 10.7. The molecule has 0 atom stereocenters. The summed E-state index contributed by atoms with van der Waals surface area (Å²) in [6.07, 6.45) is 5.61.